The third kappa shape index (κ3) is 3.49. The number of benzene rings is 1. The van der Waals surface area contributed by atoms with Gasteiger partial charge < -0.3 is 10.1 Å². The van der Waals surface area contributed by atoms with Crippen LogP contribution in [0.4, 0.5) is 9.39 Å². The fourth-order valence-electron chi connectivity index (χ4n) is 3.05. The van der Waals surface area contributed by atoms with E-state index in [2.05, 4.69) is 10.3 Å². The lowest BCUT2D eigenvalue weighted by atomic mass is 10.1. The van der Waals surface area contributed by atoms with Gasteiger partial charge >= 0.3 is 5.97 Å². The van der Waals surface area contributed by atoms with Crippen LogP contribution in [0.5, 0.6) is 0 Å². The molecule has 4 rings (SSSR count). The first-order valence-corrected chi connectivity index (χ1v) is 9.87. The van der Waals surface area contributed by atoms with E-state index in [1.165, 1.54) is 17.4 Å². The number of rotatable bonds is 5. The summed E-state index contributed by atoms with van der Waals surface area (Å²) < 4.78 is 19.5. The molecular weight excluding hydrogens is 379 g/mol. The summed E-state index contributed by atoms with van der Waals surface area (Å²) >= 11 is 1.37. The maximum absolute atomic E-state index is 13.9. The number of amides is 1. The molecule has 1 amide bonds. The third-order valence-electron chi connectivity index (χ3n) is 4.93. The van der Waals surface area contributed by atoms with Gasteiger partial charge in [0.2, 0.25) is 5.91 Å². The number of esters is 1. The summed E-state index contributed by atoms with van der Waals surface area (Å²) in [5.41, 5.74) is 2.27. The molecule has 144 valence electrons. The van der Waals surface area contributed by atoms with Gasteiger partial charge in [-0.1, -0.05) is 6.07 Å². The Labute approximate surface area is 165 Å². The molecule has 7 heteroatoms. The molecule has 0 aliphatic heterocycles. The van der Waals surface area contributed by atoms with Crippen LogP contribution in [0.2, 0.25) is 0 Å². The summed E-state index contributed by atoms with van der Waals surface area (Å²) in [4.78, 5) is 30.1. The van der Waals surface area contributed by atoms with Gasteiger partial charge in [0.05, 0.1) is 11.1 Å². The second-order valence-corrected chi connectivity index (χ2v) is 8.16. The first-order chi connectivity index (χ1) is 13.5. The highest BCUT2D eigenvalue weighted by atomic mass is 32.1. The van der Waals surface area contributed by atoms with E-state index >= 15 is 0 Å². The van der Waals surface area contributed by atoms with Crippen molar-refractivity contribution < 1.29 is 18.7 Å². The van der Waals surface area contributed by atoms with Crippen LogP contribution in [-0.4, -0.2) is 16.9 Å². The predicted octanol–water partition coefficient (Wildman–Crippen LogP) is 4.76. The highest BCUT2D eigenvalue weighted by Crippen LogP contribution is 2.36. The number of hydrogen-bond acceptors (Lipinski definition) is 5. The van der Waals surface area contributed by atoms with E-state index in [4.69, 9.17) is 4.74 Å². The number of aryl methyl sites for hydroxylation is 1. The first kappa shape index (κ1) is 18.6. The van der Waals surface area contributed by atoms with Crippen molar-refractivity contribution >= 4 is 39.1 Å². The zero-order valence-corrected chi connectivity index (χ0v) is 16.4. The Morgan fingerprint density at radius 3 is 2.82 bits per heavy atom. The molecule has 2 heterocycles. The number of halogens is 1. The second-order valence-electron chi connectivity index (χ2n) is 6.93. The number of anilines is 1. The van der Waals surface area contributed by atoms with E-state index < -0.39 is 5.97 Å². The van der Waals surface area contributed by atoms with Gasteiger partial charge in [0.25, 0.3) is 0 Å². The third-order valence-corrected chi connectivity index (χ3v) is 6.06. The van der Waals surface area contributed by atoms with Crippen molar-refractivity contribution in [2.24, 2.45) is 5.92 Å². The summed E-state index contributed by atoms with van der Waals surface area (Å²) in [5, 5.41) is 3.78. The minimum absolute atomic E-state index is 0.0308. The van der Waals surface area contributed by atoms with Crippen molar-refractivity contribution in [3.8, 4) is 0 Å². The van der Waals surface area contributed by atoms with Crippen molar-refractivity contribution in [2.75, 3.05) is 5.32 Å². The van der Waals surface area contributed by atoms with Gasteiger partial charge in [-0.25, -0.2) is 9.18 Å². The van der Waals surface area contributed by atoms with Crippen LogP contribution >= 0.6 is 11.3 Å². The van der Waals surface area contributed by atoms with Crippen molar-refractivity contribution in [2.45, 2.75) is 33.3 Å². The van der Waals surface area contributed by atoms with Gasteiger partial charge in [-0.3, -0.25) is 9.78 Å². The van der Waals surface area contributed by atoms with Crippen molar-refractivity contribution in [1.82, 2.24) is 4.98 Å². The lowest BCUT2D eigenvalue weighted by Crippen LogP contribution is -2.16. The van der Waals surface area contributed by atoms with Crippen molar-refractivity contribution in [1.29, 1.82) is 0 Å². The Morgan fingerprint density at radius 2 is 2.07 bits per heavy atom. The molecule has 0 radical (unpaired) electrons. The summed E-state index contributed by atoms with van der Waals surface area (Å²) in [6, 6.07) is 6.21. The quantitative estimate of drug-likeness (QED) is 0.630. The van der Waals surface area contributed by atoms with Crippen LogP contribution in [0.15, 0.2) is 30.5 Å². The van der Waals surface area contributed by atoms with E-state index in [1.54, 1.807) is 24.4 Å². The highest BCUT2D eigenvalue weighted by Gasteiger charge is 2.31. The number of thiophene rings is 1. The van der Waals surface area contributed by atoms with Gasteiger partial charge in [-0.2, -0.15) is 0 Å². The number of nitrogens with zero attached hydrogens (tertiary/aromatic N) is 1. The van der Waals surface area contributed by atoms with Crippen LogP contribution in [-0.2, 0) is 16.1 Å². The van der Waals surface area contributed by atoms with Gasteiger partial charge in [-0.05, 0) is 50.5 Å². The van der Waals surface area contributed by atoms with Gasteiger partial charge in [0.1, 0.15) is 17.4 Å². The molecule has 1 aliphatic carbocycles. The Morgan fingerprint density at radius 1 is 1.29 bits per heavy atom. The molecule has 28 heavy (non-hydrogen) atoms. The maximum Gasteiger partial charge on any atom is 0.341 e. The van der Waals surface area contributed by atoms with Crippen LogP contribution in [0, 0.1) is 25.6 Å². The van der Waals surface area contributed by atoms with E-state index in [1.807, 2.05) is 13.8 Å². The lowest BCUT2D eigenvalue weighted by molar-refractivity contribution is -0.117. The largest absolute Gasteiger partial charge is 0.457 e. The minimum Gasteiger partial charge on any atom is -0.457 e. The monoisotopic (exact) mass is 398 g/mol. The maximum atomic E-state index is 13.9. The molecule has 0 unspecified atom stereocenters. The highest BCUT2D eigenvalue weighted by molar-refractivity contribution is 7.16. The molecule has 3 aromatic rings. The average Bonchev–Trinajstić information content (AvgIpc) is 3.49. The molecule has 0 bridgehead atoms. The lowest BCUT2D eigenvalue weighted by Gasteiger charge is -2.10. The van der Waals surface area contributed by atoms with Crippen molar-refractivity contribution in [3.63, 3.8) is 0 Å². The normalized spacial score (nSPS) is 13.5. The summed E-state index contributed by atoms with van der Waals surface area (Å²) in [7, 11) is 0. The molecule has 1 N–H and O–H groups in total. The number of carbonyl (C=O) groups is 2. The molecular formula is C21H19FN2O3S. The molecule has 5 nitrogen and oxygen atoms in total. The fourth-order valence-corrected chi connectivity index (χ4v) is 4.10. The van der Waals surface area contributed by atoms with Crippen LogP contribution in [0.25, 0.3) is 10.9 Å². The van der Waals surface area contributed by atoms with Crippen molar-refractivity contribution in [3.05, 3.63) is 57.8 Å². The average molecular weight is 398 g/mol. The molecule has 1 aromatic carbocycles. The predicted molar refractivity (Wildman–Crippen MR) is 106 cm³/mol. The Hall–Kier alpha value is -2.80. The van der Waals surface area contributed by atoms with E-state index in [0.717, 1.165) is 23.3 Å². The number of aromatic nitrogens is 1. The molecule has 0 saturated heterocycles. The van der Waals surface area contributed by atoms with E-state index in [-0.39, 0.29) is 24.2 Å². The molecule has 0 atom stereocenters. The SMILES string of the molecule is Cc1sc(NC(=O)C2CC2)c(C(=O)OCc2ccc(F)c3cccnc23)c1C. The first-order valence-electron chi connectivity index (χ1n) is 9.05. The standard InChI is InChI=1S/C21H19FN2O3S/c1-11-12(2)28-20(24-19(25)13-5-6-13)17(11)21(26)27-10-14-7-8-16(22)15-4-3-9-23-18(14)15/h3-4,7-9,13H,5-6,10H2,1-2H3,(H,24,25). The van der Waals surface area contributed by atoms with Gasteiger partial charge in [0, 0.05) is 27.9 Å². The van der Waals surface area contributed by atoms with E-state index in [0.29, 0.717) is 27.0 Å². The second kappa shape index (κ2) is 7.31. The van der Waals surface area contributed by atoms with Crippen LogP contribution in [0.3, 0.4) is 0 Å². The zero-order valence-electron chi connectivity index (χ0n) is 15.5. The number of carbonyl (C=O) groups excluding carboxylic acids is 2. The number of fused-ring (bicyclic) bond motifs is 1. The van der Waals surface area contributed by atoms with Crippen LogP contribution < -0.4 is 5.32 Å². The minimum atomic E-state index is -0.513. The Balaban J connectivity index is 1.56. The number of hydrogen-bond donors (Lipinski definition) is 1. The Bertz CT molecular complexity index is 1090. The van der Waals surface area contributed by atoms with Crippen LogP contribution in [0.1, 0.15) is 39.2 Å². The summed E-state index contributed by atoms with van der Waals surface area (Å²) in [6.07, 6.45) is 3.35. The zero-order chi connectivity index (χ0) is 19.8. The van der Waals surface area contributed by atoms with Gasteiger partial charge in [0.15, 0.2) is 0 Å². The number of nitrogens with one attached hydrogen (secondary N) is 1. The van der Waals surface area contributed by atoms with Gasteiger partial charge in [-0.15, -0.1) is 11.3 Å². The Kier molecular flexibility index (Phi) is 4.85. The molecule has 0 spiro atoms. The molecule has 1 saturated carbocycles. The topological polar surface area (TPSA) is 68.3 Å². The number of pyridine rings is 1. The fraction of sp³-hybridized carbons (Fsp3) is 0.286. The smallest absolute Gasteiger partial charge is 0.341 e. The number of ether oxygens (including phenoxy) is 1. The van der Waals surface area contributed by atoms with E-state index in [9.17, 15) is 14.0 Å². The molecule has 2 aromatic heterocycles. The molecule has 1 fully saturated rings. The summed E-state index contributed by atoms with van der Waals surface area (Å²) in [5.74, 6) is -0.888. The molecule has 1 aliphatic rings. The summed E-state index contributed by atoms with van der Waals surface area (Å²) in [6.45, 7) is 3.71.